The van der Waals surface area contributed by atoms with Gasteiger partial charge in [-0.2, -0.15) is 0 Å². The van der Waals surface area contributed by atoms with E-state index in [0.717, 1.165) is 5.56 Å². The van der Waals surface area contributed by atoms with Crippen LogP contribution in [0.4, 0.5) is 0 Å². The molecule has 4 heteroatoms. The van der Waals surface area contributed by atoms with Gasteiger partial charge in [-0.3, -0.25) is 4.79 Å². The number of hydrogen-bond donors (Lipinski definition) is 0. The number of ether oxygens (including phenoxy) is 1. The van der Waals surface area contributed by atoms with Gasteiger partial charge in [-0.25, -0.2) is 4.79 Å². The molecule has 0 amide bonds. The molecule has 0 radical (unpaired) electrons. The third-order valence-electron chi connectivity index (χ3n) is 2.43. The first-order chi connectivity index (χ1) is 7.99. The molecule has 17 heavy (non-hydrogen) atoms. The maximum Gasteiger partial charge on any atom is 0.338 e. The molecule has 0 saturated carbocycles. The number of benzene rings is 1. The Balaban J connectivity index is 3.26. The highest BCUT2D eigenvalue weighted by atomic mass is 35.5. The van der Waals surface area contributed by atoms with Crippen molar-refractivity contribution in [1.29, 1.82) is 0 Å². The minimum Gasteiger partial charge on any atom is -0.462 e. The van der Waals surface area contributed by atoms with Gasteiger partial charge in [0.05, 0.1) is 12.2 Å². The standard InChI is InChI=1S/C13H15ClO3/c1-4-17-13(16)10-7-5-6-8(2)11(10)12(14)9(3)15/h5-7,12H,4H2,1-3H3. The first-order valence-electron chi connectivity index (χ1n) is 5.40. The highest BCUT2D eigenvalue weighted by Crippen LogP contribution is 2.28. The molecule has 0 spiro atoms. The lowest BCUT2D eigenvalue weighted by atomic mass is 9.97. The monoisotopic (exact) mass is 254 g/mol. The third kappa shape index (κ3) is 3.07. The fraction of sp³-hybridized carbons (Fsp3) is 0.385. The number of rotatable bonds is 4. The first kappa shape index (κ1) is 13.7. The zero-order valence-electron chi connectivity index (χ0n) is 10.1. The fourth-order valence-corrected chi connectivity index (χ4v) is 1.90. The smallest absolute Gasteiger partial charge is 0.338 e. The number of Topliss-reactive ketones (excluding diaryl/α,β-unsaturated/α-hetero) is 1. The zero-order valence-corrected chi connectivity index (χ0v) is 10.9. The molecule has 0 saturated heterocycles. The van der Waals surface area contributed by atoms with Crippen molar-refractivity contribution in [3.8, 4) is 0 Å². The van der Waals surface area contributed by atoms with E-state index in [2.05, 4.69) is 0 Å². The molecule has 1 rings (SSSR count). The molecule has 0 bridgehead atoms. The summed E-state index contributed by atoms with van der Waals surface area (Å²) in [6.45, 7) is 5.24. The summed E-state index contributed by atoms with van der Waals surface area (Å²) in [5.41, 5.74) is 1.72. The second-order valence-corrected chi connectivity index (χ2v) is 4.17. The molecule has 1 aromatic rings. The van der Waals surface area contributed by atoms with E-state index >= 15 is 0 Å². The molecule has 1 atom stereocenters. The lowest BCUT2D eigenvalue weighted by Gasteiger charge is -2.14. The van der Waals surface area contributed by atoms with Crippen molar-refractivity contribution < 1.29 is 14.3 Å². The number of carbonyl (C=O) groups excluding carboxylic acids is 2. The van der Waals surface area contributed by atoms with Crippen molar-refractivity contribution in [2.24, 2.45) is 0 Å². The molecule has 0 heterocycles. The van der Waals surface area contributed by atoms with Gasteiger partial charge >= 0.3 is 5.97 Å². The molecule has 92 valence electrons. The van der Waals surface area contributed by atoms with E-state index in [1.807, 2.05) is 13.0 Å². The van der Waals surface area contributed by atoms with Crippen molar-refractivity contribution in [1.82, 2.24) is 0 Å². The van der Waals surface area contributed by atoms with Crippen LogP contribution in [0.5, 0.6) is 0 Å². The number of carbonyl (C=O) groups is 2. The molecule has 0 aliphatic rings. The number of aryl methyl sites for hydroxylation is 1. The minimum atomic E-state index is -0.810. The van der Waals surface area contributed by atoms with Crippen molar-refractivity contribution in [2.75, 3.05) is 6.61 Å². The maximum absolute atomic E-state index is 11.8. The quantitative estimate of drug-likeness (QED) is 0.613. The van der Waals surface area contributed by atoms with Crippen LogP contribution in [0.25, 0.3) is 0 Å². The van der Waals surface area contributed by atoms with E-state index in [1.165, 1.54) is 6.92 Å². The highest BCUT2D eigenvalue weighted by Gasteiger charge is 2.23. The van der Waals surface area contributed by atoms with Gasteiger partial charge in [-0.15, -0.1) is 11.6 Å². The second kappa shape index (κ2) is 5.82. The Morgan fingerprint density at radius 1 is 1.41 bits per heavy atom. The maximum atomic E-state index is 11.8. The van der Waals surface area contributed by atoms with Gasteiger partial charge < -0.3 is 4.74 Å². The van der Waals surface area contributed by atoms with Crippen molar-refractivity contribution in [3.63, 3.8) is 0 Å². The number of esters is 1. The predicted octanol–water partition coefficient (Wildman–Crippen LogP) is 3.04. The average molecular weight is 255 g/mol. The van der Waals surface area contributed by atoms with Crippen molar-refractivity contribution in [2.45, 2.75) is 26.1 Å². The summed E-state index contributed by atoms with van der Waals surface area (Å²) < 4.78 is 4.94. The van der Waals surface area contributed by atoms with E-state index < -0.39 is 11.3 Å². The number of hydrogen-bond acceptors (Lipinski definition) is 3. The van der Waals surface area contributed by atoms with Crippen LogP contribution < -0.4 is 0 Å². The number of alkyl halides is 1. The number of halogens is 1. The van der Waals surface area contributed by atoms with E-state index in [9.17, 15) is 9.59 Å². The summed E-state index contributed by atoms with van der Waals surface area (Å²) in [5, 5.41) is -0.810. The van der Waals surface area contributed by atoms with E-state index in [4.69, 9.17) is 16.3 Å². The largest absolute Gasteiger partial charge is 0.462 e. The zero-order chi connectivity index (χ0) is 13.0. The topological polar surface area (TPSA) is 43.4 Å². The van der Waals surface area contributed by atoms with E-state index in [1.54, 1.807) is 19.1 Å². The highest BCUT2D eigenvalue weighted by molar-refractivity contribution is 6.31. The molecule has 0 aromatic heterocycles. The summed E-state index contributed by atoms with van der Waals surface area (Å²) >= 11 is 6.04. The van der Waals surface area contributed by atoms with E-state index in [-0.39, 0.29) is 5.78 Å². The SMILES string of the molecule is CCOC(=O)c1cccc(C)c1C(Cl)C(C)=O. The van der Waals surface area contributed by atoms with Crippen LogP contribution in [-0.4, -0.2) is 18.4 Å². The van der Waals surface area contributed by atoms with Crippen LogP contribution in [0.1, 0.15) is 40.7 Å². The Kier molecular flexibility index (Phi) is 4.70. The summed E-state index contributed by atoms with van der Waals surface area (Å²) in [7, 11) is 0. The Morgan fingerprint density at radius 2 is 2.06 bits per heavy atom. The van der Waals surface area contributed by atoms with Gasteiger partial charge in [-0.1, -0.05) is 12.1 Å². The molecule has 0 N–H and O–H groups in total. The Labute approximate surface area is 106 Å². The summed E-state index contributed by atoms with van der Waals surface area (Å²) in [5.74, 6) is -0.635. The third-order valence-corrected chi connectivity index (χ3v) is 2.96. The van der Waals surface area contributed by atoms with Crippen LogP contribution in [0.2, 0.25) is 0 Å². The van der Waals surface area contributed by atoms with Gasteiger partial charge in [0.2, 0.25) is 0 Å². The first-order valence-corrected chi connectivity index (χ1v) is 5.83. The lowest BCUT2D eigenvalue weighted by molar-refractivity contribution is -0.116. The normalized spacial score (nSPS) is 12.0. The van der Waals surface area contributed by atoms with Gasteiger partial charge in [0.15, 0.2) is 5.78 Å². The van der Waals surface area contributed by atoms with Crippen LogP contribution in [0, 0.1) is 6.92 Å². The molecule has 3 nitrogen and oxygen atoms in total. The van der Waals surface area contributed by atoms with Crippen LogP contribution in [0.3, 0.4) is 0 Å². The van der Waals surface area contributed by atoms with Crippen molar-refractivity contribution in [3.05, 3.63) is 34.9 Å². The molecule has 0 fully saturated rings. The summed E-state index contributed by atoms with van der Waals surface area (Å²) in [6.07, 6.45) is 0. The fourth-order valence-electron chi connectivity index (χ4n) is 1.61. The van der Waals surface area contributed by atoms with Gasteiger partial charge in [0.1, 0.15) is 5.38 Å². The predicted molar refractivity (Wildman–Crippen MR) is 66.4 cm³/mol. The summed E-state index contributed by atoms with van der Waals surface area (Å²) in [6, 6.07) is 5.18. The van der Waals surface area contributed by atoms with E-state index in [0.29, 0.717) is 17.7 Å². The van der Waals surface area contributed by atoms with Crippen molar-refractivity contribution >= 4 is 23.4 Å². The van der Waals surface area contributed by atoms with Crippen LogP contribution >= 0.6 is 11.6 Å². The molecule has 1 unspecified atom stereocenters. The Hall–Kier alpha value is -1.35. The Morgan fingerprint density at radius 3 is 2.59 bits per heavy atom. The lowest BCUT2D eigenvalue weighted by Crippen LogP contribution is -2.13. The summed E-state index contributed by atoms with van der Waals surface area (Å²) in [4.78, 5) is 23.1. The molecular formula is C13H15ClO3. The van der Waals surface area contributed by atoms with Gasteiger partial charge in [0, 0.05) is 0 Å². The molecule has 0 aliphatic carbocycles. The molecule has 0 aliphatic heterocycles. The van der Waals surface area contributed by atoms with Crippen LogP contribution in [-0.2, 0) is 9.53 Å². The van der Waals surface area contributed by atoms with Gasteiger partial charge in [-0.05, 0) is 38.0 Å². The molecular weight excluding hydrogens is 240 g/mol. The Bertz CT molecular complexity index is 440. The van der Waals surface area contributed by atoms with Crippen LogP contribution in [0.15, 0.2) is 18.2 Å². The average Bonchev–Trinajstić information content (AvgIpc) is 2.28. The molecule has 1 aromatic carbocycles. The van der Waals surface area contributed by atoms with Gasteiger partial charge in [0.25, 0.3) is 0 Å². The second-order valence-electron chi connectivity index (χ2n) is 3.73. The minimum absolute atomic E-state index is 0.188. The number of ketones is 1.